The van der Waals surface area contributed by atoms with Gasteiger partial charge in [-0.15, -0.1) is 0 Å². The molecule has 0 fully saturated rings. The molecule has 1 heterocycles. The quantitative estimate of drug-likeness (QED) is 0.798. The molecule has 0 radical (unpaired) electrons. The van der Waals surface area contributed by atoms with E-state index in [9.17, 15) is 4.39 Å². The zero-order chi connectivity index (χ0) is 11.9. The number of pyridine rings is 1. The van der Waals surface area contributed by atoms with Gasteiger partial charge in [0.25, 0.3) is 0 Å². The van der Waals surface area contributed by atoms with Crippen LogP contribution in [0.3, 0.4) is 0 Å². The van der Waals surface area contributed by atoms with Gasteiger partial charge in [-0.1, -0.05) is 6.92 Å². The molecular weight excluding hydrogens is 203 g/mol. The van der Waals surface area contributed by atoms with Crippen LogP contribution < -0.4 is 5.73 Å². The van der Waals surface area contributed by atoms with E-state index in [2.05, 4.69) is 4.98 Å². The third-order valence-corrected chi connectivity index (χ3v) is 2.89. The van der Waals surface area contributed by atoms with E-state index in [1.54, 1.807) is 0 Å². The van der Waals surface area contributed by atoms with Gasteiger partial charge in [0, 0.05) is 16.8 Å². The average molecular weight is 218 g/mol. The fraction of sp³-hybridized carbons (Fsp3) is 0.308. The number of hydrogen-bond acceptors (Lipinski definition) is 2. The van der Waals surface area contributed by atoms with E-state index >= 15 is 0 Å². The third-order valence-electron chi connectivity index (χ3n) is 2.89. The van der Waals surface area contributed by atoms with E-state index in [4.69, 9.17) is 5.73 Å². The van der Waals surface area contributed by atoms with Crippen LogP contribution in [0, 0.1) is 19.7 Å². The van der Waals surface area contributed by atoms with E-state index in [1.165, 1.54) is 6.07 Å². The molecule has 84 valence electrons. The van der Waals surface area contributed by atoms with E-state index in [0.717, 1.165) is 28.6 Å². The third kappa shape index (κ3) is 1.52. The molecule has 2 aromatic rings. The second kappa shape index (κ2) is 3.74. The number of halogens is 1. The molecule has 0 atom stereocenters. The van der Waals surface area contributed by atoms with Gasteiger partial charge in [-0.05, 0) is 43.5 Å². The Kier molecular flexibility index (Phi) is 2.54. The van der Waals surface area contributed by atoms with Crippen LogP contribution in [-0.2, 0) is 6.42 Å². The molecule has 0 spiro atoms. The Morgan fingerprint density at radius 3 is 2.62 bits per heavy atom. The molecule has 2 rings (SSSR count). The van der Waals surface area contributed by atoms with Gasteiger partial charge in [0.1, 0.15) is 11.3 Å². The van der Waals surface area contributed by atoms with Crippen molar-refractivity contribution in [2.75, 3.05) is 5.73 Å². The van der Waals surface area contributed by atoms with Gasteiger partial charge < -0.3 is 5.73 Å². The molecule has 3 heteroatoms. The molecule has 2 nitrogen and oxygen atoms in total. The zero-order valence-corrected chi connectivity index (χ0v) is 9.76. The Hall–Kier alpha value is -1.64. The number of fused-ring (bicyclic) bond motifs is 1. The topological polar surface area (TPSA) is 38.9 Å². The number of benzene rings is 1. The van der Waals surface area contributed by atoms with E-state index < -0.39 is 0 Å². The number of anilines is 1. The molecule has 0 aliphatic heterocycles. The minimum atomic E-state index is -0.299. The van der Waals surface area contributed by atoms with Crippen LogP contribution in [0.15, 0.2) is 12.1 Å². The summed E-state index contributed by atoms with van der Waals surface area (Å²) >= 11 is 0. The molecule has 16 heavy (non-hydrogen) atoms. The molecule has 1 aromatic carbocycles. The van der Waals surface area contributed by atoms with Crippen LogP contribution in [0.2, 0.25) is 0 Å². The lowest BCUT2D eigenvalue weighted by atomic mass is 10.0. The van der Waals surface area contributed by atoms with Gasteiger partial charge in [0.2, 0.25) is 0 Å². The van der Waals surface area contributed by atoms with Crippen LogP contribution in [0.4, 0.5) is 10.1 Å². The number of nitrogens with zero attached hydrogens (tertiary/aromatic N) is 1. The number of hydrogen-bond donors (Lipinski definition) is 1. The summed E-state index contributed by atoms with van der Waals surface area (Å²) in [6, 6.07) is 3.37. The van der Waals surface area contributed by atoms with Gasteiger partial charge in [-0.25, -0.2) is 9.37 Å². The summed E-state index contributed by atoms with van der Waals surface area (Å²) in [7, 11) is 0. The summed E-state index contributed by atoms with van der Waals surface area (Å²) < 4.78 is 13.7. The lowest BCUT2D eigenvalue weighted by Crippen LogP contribution is -2.02. The molecule has 1 aromatic heterocycles. The standard InChI is InChI=1S/C13H15FN2/c1-4-9-8(3)16-13-10(12(9)15)5-7(2)6-11(13)14/h5-6H,4H2,1-3H3,(H2,15,16). The van der Waals surface area contributed by atoms with Crippen LogP contribution in [0.25, 0.3) is 10.9 Å². The van der Waals surface area contributed by atoms with Gasteiger partial charge in [-0.2, -0.15) is 0 Å². The smallest absolute Gasteiger partial charge is 0.149 e. The molecular formula is C13H15FN2. The van der Waals surface area contributed by atoms with Gasteiger partial charge in [-0.3, -0.25) is 0 Å². The molecule has 0 bridgehead atoms. The second-order valence-corrected chi connectivity index (χ2v) is 4.09. The van der Waals surface area contributed by atoms with E-state index in [1.807, 2.05) is 26.8 Å². The van der Waals surface area contributed by atoms with Gasteiger partial charge in [0.15, 0.2) is 0 Å². The average Bonchev–Trinajstić information content (AvgIpc) is 2.21. The molecule has 2 N–H and O–H groups in total. The summed E-state index contributed by atoms with van der Waals surface area (Å²) in [5.41, 5.74) is 9.79. The molecule has 0 amide bonds. The second-order valence-electron chi connectivity index (χ2n) is 4.09. The zero-order valence-electron chi connectivity index (χ0n) is 9.76. The van der Waals surface area contributed by atoms with E-state index in [0.29, 0.717) is 11.2 Å². The van der Waals surface area contributed by atoms with Crippen molar-refractivity contribution in [3.63, 3.8) is 0 Å². The lowest BCUT2D eigenvalue weighted by Gasteiger charge is -2.11. The number of aryl methyl sites for hydroxylation is 2. The van der Waals surface area contributed by atoms with Crippen molar-refractivity contribution in [3.05, 3.63) is 34.8 Å². The van der Waals surface area contributed by atoms with E-state index in [-0.39, 0.29) is 5.82 Å². The monoisotopic (exact) mass is 218 g/mol. The fourth-order valence-corrected chi connectivity index (χ4v) is 2.09. The molecule has 0 aliphatic carbocycles. The molecule has 0 saturated heterocycles. The highest BCUT2D eigenvalue weighted by atomic mass is 19.1. The van der Waals surface area contributed by atoms with Crippen molar-refractivity contribution >= 4 is 16.6 Å². The summed E-state index contributed by atoms with van der Waals surface area (Å²) in [5, 5.41) is 0.722. The van der Waals surface area contributed by atoms with Crippen molar-refractivity contribution in [2.45, 2.75) is 27.2 Å². The Labute approximate surface area is 94.3 Å². The Bertz CT molecular complexity index is 562. The maximum atomic E-state index is 13.7. The van der Waals surface area contributed by atoms with Crippen molar-refractivity contribution in [2.24, 2.45) is 0 Å². The van der Waals surface area contributed by atoms with Crippen molar-refractivity contribution < 1.29 is 4.39 Å². The van der Waals surface area contributed by atoms with Crippen molar-refractivity contribution in [1.29, 1.82) is 0 Å². The lowest BCUT2D eigenvalue weighted by molar-refractivity contribution is 0.635. The minimum Gasteiger partial charge on any atom is -0.398 e. The summed E-state index contributed by atoms with van der Waals surface area (Å²) in [5.74, 6) is -0.299. The highest BCUT2D eigenvalue weighted by Crippen LogP contribution is 2.28. The summed E-state index contributed by atoms with van der Waals surface area (Å²) in [4.78, 5) is 4.29. The molecule has 0 saturated carbocycles. The number of rotatable bonds is 1. The first-order valence-electron chi connectivity index (χ1n) is 5.39. The van der Waals surface area contributed by atoms with Crippen LogP contribution in [-0.4, -0.2) is 4.98 Å². The first-order chi connectivity index (χ1) is 7.54. The first-order valence-corrected chi connectivity index (χ1v) is 5.39. The fourth-order valence-electron chi connectivity index (χ4n) is 2.09. The number of nitrogens with two attached hydrogens (primary N) is 1. The summed E-state index contributed by atoms with van der Waals surface area (Å²) in [6.07, 6.45) is 0.816. The summed E-state index contributed by atoms with van der Waals surface area (Å²) in [6.45, 7) is 5.75. The minimum absolute atomic E-state index is 0.299. The maximum Gasteiger partial charge on any atom is 0.149 e. The number of nitrogen functional groups attached to an aromatic ring is 1. The first kappa shape index (κ1) is 10.9. The van der Waals surface area contributed by atoms with Gasteiger partial charge in [0.05, 0.1) is 0 Å². The normalized spacial score (nSPS) is 11.0. The number of aromatic nitrogens is 1. The van der Waals surface area contributed by atoms with Gasteiger partial charge >= 0.3 is 0 Å². The maximum absolute atomic E-state index is 13.7. The van der Waals surface area contributed by atoms with Crippen LogP contribution >= 0.6 is 0 Å². The van der Waals surface area contributed by atoms with Crippen molar-refractivity contribution in [3.8, 4) is 0 Å². The van der Waals surface area contributed by atoms with Crippen LogP contribution in [0.1, 0.15) is 23.7 Å². The van der Waals surface area contributed by atoms with Crippen molar-refractivity contribution in [1.82, 2.24) is 4.98 Å². The Morgan fingerprint density at radius 1 is 1.31 bits per heavy atom. The molecule has 0 aliphatic rings. The predicted octanol–water partition coefficient (Wildman–Crippen LogP) is 3.14. The predicted molar refractivity (Wildman–Crippen MR) is 65.0 cm³/mol. The highest BCUT2D eigenvalue weighted by molar-refractivity contribution is 5.93. The SMILES string of the molecule is CCc1c(C)nc2c(F)cc(C)cc2c1N. The van der Waals surface area contributed by atoms with Crippen LogP contribution in [0.5, 0.6) is 0 Å². The Balaban J connectivity index is 2.93. The Morgan fingerprint density at radius 2 is 2.00 bits per heavy atom. The largest absolute Gasteiger partial charge is 0.398 e. The highest BCUT2D eigenvalue weighted by Gasteiger charge is 2.12. The molecule has 0 unspecified atom stereocenters.